The van der Waals surface area contributed by atoms with Crippen molar-refractivity contribution in [3.63, 3.8) is 0 Å². The highest BCUT2D eigenvalue weighted by Crippen LogP contribution is 2.17. The molecule has 1 amide bonds. The fourth-order valence-corrected chi connectivity index (χ4v) is 2.40. The zero-order chi connectivity index (χ0) is 17.4. The molecule has 0 unspecified atom stereocenters. The monoisotopic (exact) mass is 390 g/mol. The quantitative estimate of drug-likeness (QED) is 0.570. The van der Waals surface area contributed by atoms with E-state index in [2.05, 4.69) is 32.4 Å². The summed E-state index contributed by atoms with van der Waals surface area (Å²) in [7, 11) is 0. The Morgan fingerprint density at radius 1 is 1.46 bits per heavy atom. The Labute approximate surface area is 147 Å². The van der Waals surface area contributed by atoms with Gasteiger partial charge in [0.25, 0.3) is 0 Å². The maximum atomic E-state index is 13.1. The van der Waals surface area contributed by atoms with Crippen LogP contribution < -0.4 is 5.32 Å². The summed E-state index contributed by atoms with van der Waals surface area (Å²) in [5.41, 5.74) is 1.32. The van der Waals surface area contributed by atoms with Gasteiger partial charge in [-0.25, -0.2) is 4.39 Å². The second-order valence-electron chi connectivity index (χ2n) is 5.10. The average molecular weight is 391 g/mol. The molecule has 1 N–H and O–H groups in total. The van der Waals surface area contributed by atoms with E-state index in [0.29, 0.717) is 28.7 Å². The van der Waals surface area contributed by atoms with Crippen molar-refractivity contribution in [2.45, 2.75) is 25.8 Å². The number of nitriles is 1. The number of unbranched alkanes of at least 4 members (excludes halogenated alkanes) is 2. The van der Waals surface area contributed by atoms with Gasteiger partial charge >= 0.3 is 0 Å². The van der Waals surface area contributed by atoms with E-state index in [1.54, 1.807) is 35.3 Å². The lowest BCUT2D eigenvalue weighted by atomic mass is 10.2. The predicted molar refractivity (Wildman–Crippen MR) is 93.5 cm³/mol. The second kappa shape index (κ2) is 8.99. The van der Waals surface area contributed by atoms with E-state index < -0.39 is 0 Å². The molecule has 0 atom stereocenters. The Hall–Kier alpha value is -2.46. The zero-order valence-electron chi connectivity index (χ0n) is 12.9. The third-order valence-corrected chi connectivity index (χ3v) is 3.81. The van der Waals surface area contributed by atoms with Crippen LogP contribution in [0.25, 0.3) is 6.08 Å². The highest BCUT2D eigenvalue weighted by molar-refractivity contribution is 9.10. The minimum Gasteiger partial charge on any atom is -0.320 e. The highest BCUT2D eigenvalue weighted by Gasteiger charge is 2.03. The number of nitrogens with zero attached hydrogens (tertiary/aromatic N) is 3. The van der Waals surface area contributed by atoms with Crippen LogP contribution in [0.2, 0.25) is 0 Å². The molecule has 0 aliphatic heterocycles. The Bertz CT molecular complexity index is 779. The topological polar surface area (TPSA) is 70.7 Å². The summed E-state index contributed by atoms with van der Waals surface area (Å²) >= 11 is 3.10. The summed E-state index contributed by atoms with van der Waals surface area (Å²) < 4.78 is 15.2. The lowest BCUT2D eigenvalue weighted by Gasteiger charge is -2.00. The first kappa shape index (κ1) is 17.9. The van der Waals surface area contributed by atoms with Gasteiger partial charge < -0.3 is 5.32 Å². The molecule has 0 saturated heterocycles. The SMILES string of the molecule is N#CCCCCn1cc(NC(=O)/C=C/c2ccc(F)c(Br)c2)cn1. The molecule has 7 heteroatoms. The number of hydrogen-bond acceptors (Lipinski definition) is 3. The van der Waals surface area contributed by atoms with Crippen molar-refractivity contribution in [1.82, 2.24) is 9.78 Å². The first-order chi connectivity index (χ1) is 11.6. The van der Waals surface area contributed by atoms with Gasteiger partial charge in [0.15, 0.2) is 0 Å². The number of aromatic nitrogens is 2. The van der Waals surface area contributed by atoms with Gasteiger partial charge in [-0.15, -0.1) is 0 Å². The van der Waals surface area contributed by atoms with Crippen LogP contribution in [0.3, 0.4) is 0 Å². The van der Waals surface area contributed by atoms with E-state index in [4.69, 9.17) is 5.26 Å². The van der Waals surface area contributed by atoms with Gasteiger partial charge in [0.1, 0.15) is 5.82 Å². The lowest BCUT2D eigenvalue weighted by molar-refractivity contribution is -0.111. The minimum atomic E-state index is -0.348. The molecule has 0 aliphatic rings. The molecule has 0 saturated carbocycles. The zero-order valence-corrected chi connectivity index (χ0v) is 14.5. The molecular formula is C17H16BrFN4O. The van der Waals surface area contributed by atoms with Crippen molar-refractivity contribution >= 4 is 33.6 Å². The molecule has 1 aromatic heterocycles. The summed E-state index contributed by atoms with van der Waals surface area (Å²) in [4.78, 5) is 11.9. The van der Waals surface area contributed by atoms with Crippen LogP contribution >= 0.6 is 15.9 Å². The third kappa shape index (κ3) is 5.63. The smallest absolute Gasteiger partial charge is 0.248 e. The number of hydrogen-bond donors (Lipinski definition) is 1. The van der Waals surface area contributed by atoms with Gasteiger partial charge in [-0.1, -0.05) is 6.07 Å². The van der Waals surface area contributed by atoms with Crippen LogP contribution in [0.5, 0.6) is 0 Å². The van der Waals surface area contributed by atoms with E-state index in [-0.39, 0.29) is 11.7 Å². The molecule has 0 aliphatic carbocycles. The van der Waals surface area contributed by atoms with Gasteiger partial charge in [0.2, 0.25) is 5.91 Å². The van der Waals surface area contributed by atoms with Crippen LogP contribution in [0.15, 0.2) is 41.1 Å². The number of anilines is 1. The molecular weight excluding hydrogens is 375 g/mol. The minimum absolute atomic E-state index is 0.292. The van der Waals surface area contributed by atoms with Crippen LogP contribution in [-0.4, -0.2) is 15.7 Å². The summed E-state index contributed by atoms with van der Waals surface area (Å²) in [6, 6.07) is 6.61. The van der Waals surface area contributed by atoms with Crippen molar-refractivity contribution in [2.75, 3.05) is 5.32 Å². The van der Waals surface area contributed by atoms with Crippen molar-refractivity contribution in [1.29, 1.82) is 5.26 Å². The van der Waals surface area contributed by atoms with Gasteiger partial charge in [-0.3, -0.25) is 9.48 Å². The molecule has 1 heterocycles. The van der Waals surface area contributed by atoms with Crippen LogP contribution in [-0.2, 0) is 11.3 Å². The fourth-order valence-electron chi connectivity index (χ4n) is 2.00. The summed E-state index contributed by atoms with van der Waals surface area (Å²) in [6.07, 6.45) is 8.53. The second-order valence-corrected chi connectivity index (χ2v) is 5.96. The van der Waals surface area contributed by atoms with Crippen LogP contribution in [0.4, 0.5) is 10.1 Å². The Morgan fingerprint density at radius 3 is 3.04 bits per heavy atom. The van der Waals surface area contributed by atoms with Gasteiger partial charge in [0, 0.05) is 25.2 Å². The van der Waals surface area contributed by atoms with Crippen molar-refractivity contribution in [2.24, 2.45) is 0 Å². The molecule has 5 nitrogen and oxygen atoms in total. The third-order valence-electron chi connectivity index (χ3n) is 3.20. The van der Waals surface area contributed by atoms with Crippen LogP contribution in [0.1, 0.15) is 24.8 Å². The lowest BCUT2D eigenvalue weighted by Crippen LogP contribution is -2.07. The largest absolute Gasteiger partial charge is 0.320 e. The molecule has 124 valence electrons. The van der Waals surface area contributed by atoms with Crippen LogP contribution in [0, 0.1) is 17.1 Å². The number of amides is 1. The molecule has 0 radical (unpaired) electrons. The number of benzene rings is 1. The number of aryl methyl sites for hydroxylation is 1. The molecule has 2 rings (SSSR count). The van der Waals surface area contributed by atoms with E-state index in [1.807, 2.05) is 0 Å². The average Bonchev–Trinajstić information content (AvgIpc) is 3.00. The molecule has 24 heavy (non-hydrogen) atoms. The van der Waals surface area contributed by atoms with E-state index in [1.165, 1.54) is 12.1 Å². The van der Waals surface area contributed by atoms with E-state index in [0.717, 1.165) is 12.8 Å². The highest BCUT2D eigenvalue weighted by atomic mass is 79.9. The Kier molecular flexibility index (Phi) is 6.70. The number of carbonyl (C=O) groups excluding carboxylic acids is 1. The summed E-state index contributed by atoms with van der Waals surface area (Å²) in [6.45, 7) is 0.705. The normalized spacial score (nSPS) is 10.7. The van der Waals surface area contributed by atoms with E-state index >= 15 is 0 Å². The summed E-state index contributed by atoms with van der Waals surface area (Å²) in [5.74, 6) is -0.640. The molecule has 0 bridgehead atoms. The Morgan fingerprint density at radius 2 is 2.29 bits per heavy atom. The van der Waals surface area contributed by atoms with Crippen molar-refractivity contribution in [3.8, 4) is 6.07 Å². The predicted octanol–water partition coefficient (Wildman–Crippen LogP) is 4.13. The number of carbonyl (C=O) groups is 1. The number of rotatable bonds is 7. The standard InChI is InChI=1S/C17H16BrFN4O/c18-15-10-13(4-6-16(15)19)5-7-17(24)22-14-11-21-23(12-14)9-3-1-2-8-20/h4-7,10-12H,1-3,9H2,(H,22,24)/b7-5+. The Balaban J connectivity index is 1.86. The van der Waals surface area contributed by atoms with E-state index in [9.17, 15) is 9.18 Å². The fraction of sp³-hybridized carbons (Fsp3) is 0.235. The molecule has 2 aromatic rings. The van der Waals surface area contributed by atoms with Crippen molar-refractivity contribution < 1.29 is 9.18 Å². The van der Waals surface area contributed by atoms with Gasteiger partial charge in [-0.05, 0) is 52.5 Å². The number of halogens is 2. The first-order valence-electron chi connectivity index (χ1n) is 7.42. The first-order valence-corrected chi connectivity index (χ1v) is 8.21. The molecule has 0 spiro atoms. The summed E-state index contributed by atoms with van der Waals surface area (Å²) in [5, 5.41) is 15.3. The van der Waals surface area contributed by atoms with Gasteiger partial charge in [-0.2, -0.15) is 10.4 Å². The van der Waals surface area contributed by atoms with Gasteiger partial charge in [0.05, 0.1) is 22.4 Å². The molecule has 1 aromatic carbocycles. The van der Waals surface area contributed by atoms with Crippen molar-refractivity contribution in [3.05, 3.63) is 52.5 Å². The maximum absolute atomic E-state index is 13.1. The maximum Gasteiger partial charge on any atom is 0.248 e. The molecule has 0 fully saturated rings. The number of nitrogens with one attached hydrogen (secondary N) is 1.